The molecule has 0 fully saturated rings. The largest absolute Gasteiger partial charge is 0.354 e. The lowest BCUT2D eigenvalue weighted by Gasteiger charge is -1.94. The Balaban J connectivity index is 1.47. The van der Waals surface area contributed by atoms with Crippen molar-refractivity contribution in [1.29, 1.82) is 0 Å². The Kier molecular flexibility index (Phi) is 3.46. The first-order chi connectivity index (χ1) is 15.8. The number of rotatable bonds is 0. The summed E-state index contributed by atoms with van der Waals surface area (Å²) in [6.45, 7) is 0. The Hall–Kier alpha value is -4.58. The van der Waals surface area contributed by atoms with E-state index in [1.165, 1.54) is 0 Å². The van der Waals surface area contributed by atoms with Crippen LogP contribution in [0.5, 0.6) is 0 Å². The Morgan fingerprint density at radius 2 is 0.969 bits per heavy atom. The minimum atomic E-state index is 0.920. The highest BCUT2D eigenvalue weighted by molar-refractivity contribution is 6.13. The van der Waals surface area contributed by atoms with Crippen molar-refractivity contribution in [1.82, 2.24) is 19.9 Å². The summed E-state index contributed by atoms with van der Waals surface area (Å²) in [7, 11) is 0. The van der Waals surface area contributed by atoms with Crippen LogP contribution in [0, 0.1) is 0 Å². The summed E-state index contributed by atoms with van der Waals surface area (Å²) in [5.74, 6) is 0. The highest BCUT2D eigenvalue weighted by Gasteiger charge is 2.11. The van der Waals surface area contributed by atoms with Gasteiger partial charge < -0.3 is 19.9 Å². The quantitative estimate of drug-likeness (QED) is 0.334. The molecule has 0 saturated carbocycles. The third kappa shape index (κ3) is 2.81. The first-order valence-corrected chi connectivity index (χ1v) is 10.5. The molecule has 6 heteroatoms. The van der Waals surface area contributed by atoms with Gasteiger partial charge in [-0.05, 0) is 85.0 Å². The lowest BCUT2D eigenvalue weighted by molar-refractivity contribution is 1.23. The second-order valence-corrected chi connectivity index (χ2v) is 8.03. The van der Waals surface area contributed by atoms with Gasteiger partial charge in [0.1, 0.15) is 0 Å². The zero-order chi connectivity index (χ0) is 21.1. The van der Waals surface area contributed by atoms with Crippen LogP contribution in [0.15, 0.2) is 82.8 Å². The molecule has 0 saturated heterocycles. The van der Waals surface area contributed by atoms with Crippen LogP contribution in [-0.2, 0) is 0 Å². The van der Waals surface area contributed by atoms with E-state index in [1.54, 1.807) is 0 Å². The number of H-pyrrole nitrogens is 4. The summed E-state index contributed by atoms with van der Waals surface area (Å²) in [4.78, 5) is 23.5. The van der Waals surface area contributed by atoms with E-state index < -0.39 is 0 Å². The van der Waals surface area contributed by atoms with Gasteiger partial charge >= 0.3 is 0 Å². The molecule has 0 spiro atoms. The van der Waals surface area contributed by atoms with Crippen LogP contribution in [0.2, 0.25) is 0 Å². The molecule has 7 rings (SSSR count). The van der Waals surface area contributed by atoms with E-state index in [1.807, 2.05) is 24.3 Å². The number of allylic oxidation sites excluding steroid dienone is 2. The summed E-state index contributed by atoms with van der Waals surface area (Å²) >= 11 is 0. The molecular formula is C26H18N6. The van der Waals surface area contributed by atoms with Crippen LogP contribution in [-0.4, -0.2) is 31.4 Å². The van der Waals surface area contributed by atoms with Crippen molar-refractivity contribution >= 4 is 35.0 Å². The van der Waals surface area contributed by atoms with Crippen molar-refractivity contribution in [3.8, 4) is 0 Å². The molecule has 4 N–H and O–H groups in total. The van der Waals surface area contributed by atoms with Crippen LogP contribution in [0.4, 0.5) is 0 Å². The van der Waals surface area contributed by atoms with Gasteiger partial charge in [-0.15, -0.1) is 0 Å². The molecule has 0 radical (unpaired) electrons. The number of nitrogens with one attached hydrogen (secondary N) is 4. The van der Waals surface area contributed by atoms with Gasteiger partial charge in [0.2, 0.25) is 0 Å². The van der Waals surface area contributed by atoms with Crippen LogP contribution in [0.1, 0.15) is 22.8 Å². The van der Waals surface area contributed by atoms with E-state index in [4.69, 9.17) is 9.98 Å². The number of fused-ring (bicyclic) bond motifs is 12. The highest BCUT2D eigenvalue weighted by atomic mass is 14.9. The van der Waals surface area contributed by atoms with Crippen molar-refractivity contribution in [3.05, 3.63) is 117 Å². The Bertz CT molecular complexity index is 1640. The minimum Gasteiger partial charge on any atom is -0.354 e. The van der Waals surface area contributed by atoms with Crippen LogP contribution in [0.25, 0.3) is 23.5 Å². The predicted molar refractivity (Wildman–Crippen MR) is 127 cm³/mol. The van der Waals surface area contributed by atoms with Crippen LogP contribution < -0.4 is 21.4 Å². The minimum absolute atomic E-state index is 0.920. The van der Waals surface area contributed by atoms with Gasteiger partial charge in [-0.1, -0.05) is 0 Å². The van der Waals surface area contributed by atoms with Crippen molar-refractivity contribution in [2.45, 2.75) is 0 Å². The number of hydrogen-bond acceptors (Lipinski definition) is 2. The van der Waals surface area contributed by atoms with E-state index in [0.717, 1.165) is 67.0 Å². The standard InChI is InChI=1S/C26H18N6/c1-5-19-23-9-10-24(31-23)21-7-3-17(29-21)14-18-4-8-22(30-18)26-12-11-25(32-26)20-6-2-16(28-20)13-15(1)27-19/h1-14,27-30H. The lowest BCUT2D eigenvalue weighted by Crippen LogP contribution is -2.11. The fourth-order valence-electron chi connectivity index (χ4n) is 4.24. The number of aromatic amines is 4. The maximum Gasteiger partial charge on any atom is 0.0873 e. The van der Waals surface area contributed by atoms with Crippen molar-refractivity contribution in [2.75, 3.05) is 0 Å². The number of nitrogens with zero attached hydrogens (tertiary/aromatic N) is 2. The summed E-state index contributed by atoms with van der Waals surface area (Å²) in [5.41, 5.74) is 7.69. The predicted octanol–water partition coefficient (Wildman–Crippen LogP) is 1.30. The summed E-state index contributed by atoms with van der Waals surface area (Å²) < 4.78 is 0. The zero-order valence-electron chi connectivity index (χ0n) is 17.0. The molecule has 0 atom stereocenters. The topological polar surface area (TPSA) is 87.9 Å². The molecule has 4 aromatic rings. The van der Waals surface area contributed by atoms with Gasteiger partial charge in [0.15, 0.2) is 0 Å². The normalized spacial score (nSPS) is 16.0. The number of aliphatic imine (C=N–C) groups is 2. The average Bonchev–Trinajstić information content (AvgIpc) is 3.62. The Morgan fingerprint density at radius 3 is 1.47 bits per heavy atom. The molecular weight excluding hydrogens is 396 g/mol. The molecule has 0 amide bonds. The lowest BCUT2D eigenvalue weighted by atomic mass is 10.3. The van der Waals surface area contributed by atoms with E-state index in [-0.39, 0.29) is 0 Å². The smallest absolute Gasteiger partial charge is 0.0873 e. The first-order valence-electron chi connectivity index (χ1n) is 10.5. The highest BCUT2D eigenvalue weighted by Crippen LogP contribution is 2.16. The molecule has 32 heavy (non-hydrogen) atoms. The van der Waals surface area contributed by atoms with Crippen LogP contribution in [0.3, 0.4) is 0 Å². The molecule has 0 aliphatic carbocycles. The van der Waals surface area contributed by atoms with E-state index in [2.05, 4.69) is 80.6 Å². The fraction of sp³-hybridized carbons (Fsp3) is 0. The monoisotopic (exact) mass is 414 g/mol. The van der Waals surface area contributed by atoms with Crippen molar-refractivity contribution < 1.29 is 0 Å². The van der Waals surface area contributed by atoms with E-state index in [9.17, 15) is 0 Å². The van der Waals surface area contributed by atoms with Crippen LogP contribution >= 0.6 is 0 Å². The average molecular weight is 414 g/mol. The Morgan fingerprint density at radius 1 is 0.469 bits per heavy atom. The number of hydrogen-bond donors (Lipinski definition) is 4. The van der Waals surface area contributed by atoms with Crippen molar-refractivity contribution in [2.24, 2.45) is 9.98 Å². The van der Waals surface area contributed by atoms with Gasteiger partial charge in [-0.2, -0.15) is 0 Å². The third-order valence-electron chi connectivity index (χ3n) is 5.84. The molecule has 6 nitrogen and oxygen atoms in total. The van der Waals surface area contributed by atoms with Gasteiger partial charge in [0, 0.05) is 22.1 Å². The van der Waals surface area contributed by atoms with Gasteiger partial charge in [-0.3, -0.25) is 0 Å². The molecule has 4 aromatic heterocycles. The molecule has 0 unspecified atom stereocenters. The maximum absolute atomic E-state index is 4.82. The molecule has 7 heterocycles. The van der Waals surface area contributed by atoms with Gasteiger partial charge in [0.05, 0.1) is 44.9 Å². The second kappa shape index (κ2) is 6.46. The summed E-state index contributed by atoms with van der Waals surface area (Å²) in [5, 5.41) is 4.00. The summed E-state index contributed by atoms with van der Waals surface area (Å²) in [6, 6.07) is 16.5. The second-order valence-electron chi connectivity index (χ2n) is 8.03. The van der Waals surface area contributed by atoms with E-state index in [0.29, 0.717) is 0 Å². The third-order valence-corrected chi connectivity index (χ3v) is 5.84. The molecule has 3 aliphatic heterocycles. The SMILES string of the molecule is C1=CC2=c3ccc([nH]3)=Cc3ccc([nH]3)C3=NC(=c4ccc([nH]4)=Cc4ccc([nH]4)C1=N2)C=C3. The zero-order valence-corrected chi connectivity index (χ0v) is 17.0. The maximum atomic E-state index is 4.82. The summed E-state index contributed by atoms with van der Waals surface area (Å²) in [6.07, 6.45) is 12.3. The molecule has 12 bridgehead atoms. The van der Waals surface area contributed by atoms with Gasteiger partial charge in [0.25, 0.3) is 0 Å². The number of aromatic nitrogens is 4. The molecule has 0 aromatic carbocycles. The fourth-order valence-corrected chi connectivity index (χ4v) is 4.24. The molecule has 3 aliphatic rings. The molecule has 152 valence electrons. The van der Waals surface area contributed by atoms with Crippen molar-refractivity contribution in [3.63, 3.8) is 0 Å². The Labute approximate surface area is 182 Å². The van der Waals surface area contributed by atoms with E-state index >= 15 is 0 Å². The first kappa shape index (κ1) is 17.1. The van der Waals surface area contributed by atoms with Gasteiger partial charge in [-0.25, -0.2) is 9.98 Å².